The Balaban J connectivity index is 2.02. The zero-order chi connectivity index (χ0) is 11.3. The van der Waals surface area contributed by atoms with Gasteiger partial charge in [-0.05, 0) is 26.3 Å². The maximum atomic E-state index is 10.8. The fourth-order valence-electron chi connectivity index (χ4n) is 1.63. The van der Waals surface area contributed by atoms with Crippen molar-refractivity contribution in [2.24, 2.45) is 0 Å². The Bertz CT molecular complexity index is 279. The van der Waals surface area contributed by atoms with Crippen LogP contribution in [0.2, 0.25) is 0 Å². The molecule has 1 fully saturated rings. The normalized spacial score (nSPS) is 27.1. The van der Waals surface area contributed by atoms with Crippen LogP contribution in [0.5, 0.6) is 0 Å². The highest BCUT2D eigenvalue weighted by molar-refractivity contribution is 7.88. The molecule has 0 aliphatic carbocycles. The lowest BCUT2D eigenvalue weighted by atomic mass is 10.1. The molecule has 0 aromatic rings. The second kappa shape index (κ2) is 5.79. The quantitative estimate of drug-likeness (QED) is 0.621. The van der Waals surface area contributed by atoms with Crippen molar-refractivity contribution < 1.29 is 13.2 Å². The first-order chi connectivity index (χ1) is 6.99. The van der Waals surface area contributed by atoms with E-state index < -0.39 is 10.0 Å². The summed E-state index contributed by atoms with van der Waals surface area (Å²) in [6.07, 6.45) is 3.29. The van der Waals surface area contributed by atoms with E-state index in [2.05, 4.69) is 17.0 Å². The molecule has 0 saturated carbocycles. The predicted molar refractivity (Wildman–Crippen MR) is 59.3 cm³/mol. The number of ether oxygens (including phenoxy) is 1. The Morgan fingerprint density at radius 1 is 1.40 bits per heavy atom. The van der Waals surface area contributed by atoms with E-state index in [0.29, 0.717) is 12.6 Å². The van der Waals surface area contributed by atoms with Crippen LogP contribution in [-0.4, -0.2) is 46.5 Å². The molecule has 0 spiro atoms. The molecule has 2 atom stereocenters. The number of hydrogen-bond acceptors (Lipinski definition) is 4. The van der Waals surface area contributed by atoms with Crippen LogP contribution in [0, 0.1) is 0 Å². The summed E-state index contributed by atoms with van der Waals surface area (Å²) in [6.45, 7) is 4.19. The summed E-state index contributed by atoms with van der Waals surface area (Å²) in [4.78, 5) is 0. The molecular formula is C9H20N2O3S. The van der Waals surface area contributed by atoms with Gasteiger partial charge in [-0.25, -0.2) is 13.1 Å². The minimum absolute atomic E-state index is 0.271. The highest BCUT2D eigenvalue weighted by atomic mass is 32.2. The fraction of sp³-hybridized carbons (Fsp3) is 1.00. The lowest BCUT2D eigenvalue weighted by molar-refractivity contribution is 0.113. The Labute approximate surface area is 91.6 Å². The Morgan fingerprint density at radius 3 is 2.67 bits per heavy atom. The van der Waals surface area contributed by atoms with Gasteiger partial charge >= 0.3 is 0 Å². The zero-order valence-corrected chi connectivity index (χ0v) is 10.1. The van der Waals surface area contributed by atoms with E-state index >= 15 is 0 Å². The summed E-state index contributed by atoms with van der Waals surface area (Å²) in [6, 6.07) is 0.420. The van der Waals surface area contributed by atoms with Crippen molar-refractivity contribution in [2.75, 3.05) is 26.0 Å². The third-order valence-corrected chi connectivity index (χ3v) is 3.23. The number of sulfonamides is 1. The molecule has 0 amide bonds. The van der Waals surface area contributed by atoms with Crippen molar-refractivity contribution in [3.63, 3.8) is 0 Å². The molecule has 90 valence electrons. The van der Waals surface area contributed by atoms with Crippen molar-refractivity contribution in [3.8, 4) is 0 Å². The average Bonchev–Trinajstić information content (AvgIpc) is 2.49. The molecule has 0 bridgehead atoms. The van der Waals surface area contributed by atoms with Crippen LogP contribution < -0.4 is 10.0 Å². The number of rotatable bonds is 6. The van der Waals surface area contributed by atoms with Crippen LogP contribution in [0.25, 0.3) is 0 Å². The summed E-state index contributed by atoms with van der Waals surface area (Å²) < 4.78 is 29.4. The molecular weight excluding hydrogens is 216 g/mol. The van der Waals surface area contributed by atoms with Crippen molar-refractivity contribution >= 4 is 10.0 Å². The highest BCUT2D eigenvalue weighted by Gasteiger charge is 2.22. The lowest BCUT2D eigenvalue weighted by Gasteiger charge is -2.15. The number of nitrogens with one attached hydrogen (secondary N) is 2. The lowest BCUT2D eigenvalue weighted by Crippen LogP contribution is -2.36. The summed E-state index contributed by atoms with van der Waals surface area (Å²) in [5.41, 5.74) is 0. The highest BCUT2D eigenvalue weighted by Crippen LogP contribution is 2.11. The van der Waals surface area contributed by atoms with E-state index in [4.69, 9.17) is 4.74 Å². The fourth-order valence-corrected chi connectivity index (χ4v) is 2.15. The van der Waals surface area contributed by atoms with Crippen molar-refractivity contribution in [2.45, 2.75) is 31.9 Å². The first-order valence-electron chi connectivity index (χ1n) is 5.28. The van der Waals surface area contributed by atoms with Crippen LogP contribution in [0.1, 0.15) is 19.8 Å². The van der Waals surface area contributed by atoms with Gasteiger partial charge in [-0.15, -0.1) is 0 Å². The molecule has 2 N–H and O–H groups in total. The first kappa shape index (κ1) is 12.9. The molecule has 0 aromatic heterocycles. The molecule has 15 heavy (non-hydrogen) atoms. The van der Waals surface area contributed by atoms with Gasteiger partial charge in [0, 0.05) is 19.2 Å². The molecule has 5 nitrogen and oxygen atoms in total. The van der Waals surface area contributed by atoms with Gasteiger partial charge < -0.3 is 10.1 Å². The Hall–Kier alpha value is -0.170. The number of hydrogen-bond donors (Lipinski definition) is 2. The second-order valence-electron chi connectivity index (χ2n) is 3.95. The molecule has 1 heterocycles. The molecule has 1 saturated heterocycles. The van der Waals surface area contributed by atoms with Crippen molar-refractivity contribution in [1.29, 1.82) is 0 Å². The second-order valence-corrected chi connectivity index (χ2v) is 5.78. The van der Waals surface area contributed by atoms with Gasteiger partial charge in [-0.3, -0.25) is 0 Å². The van der Waals surface area contributed by atoms with Gasteiger partial charge in [0.25, 0.3) is 0 Å². The summed E-state index contributed by atoms with van der Waals surface area (Å²) in [5.74, 6) is 0. The topological polar surface area (TPSA) is 67.4 Å². The van der Waals surface area contributed by atoms with E-state index in [1.807, 2.05) is 0 Å². The third-order valence-electron chi connectivity index (χ3n) is 2.50. The van der Waals surface area contributed by atoms with E-state index in [9.17, 15) is 8.42 Å². The third kappa shape index (κ3) is 5.46. The predicted octanol–water partition coefficient (Wildman–Crippen LogP) is -0.307. The Kier molecular flexibility index (Phi) is 4.98. The smallest absolute Gasteiger partial charge is 0.208 e. The molecule has 1 rings (SSSR count). The standard InChI is InChI=1S/C9H20N2O3S/c1-8-9(4-7-14-8)10-5-3-6-11-15(2,12)13/h8-11H,3-7H2,1-2H3. The molecule has 0 radical (unpaired) electrons. The van der Waals surface area contributed by atoms with Crippen LogP contribution in [0.15, 0.2) is 0 Å². The van der Waals surface area contributed by atoms with Gasteiger partial charge in [0.15, 0.2) is 0 Å². The molecule has 1 aliphatic rings. The summed E-state index contributed by atoms with van der Waals surface area (Å²) in [5, 5.41) is 3.36. The van der Waals surface area contributed by atoms with Crippen molar-refractivity contribution in [3.05, 3.63) is 0 Å². The van der Waals surface area contributed by atoms with E-state index in [0.717, 1.165) is 26.0 Å². The monoisotopic (exact) mass is 236 g/mol. The van der Waals surface area contributed by atoms with Crippen LogP contribution >= 0.6 is 0 Å². The SMILES string of the molecule is CC1OCCC1NCCCNS(C)(=O)=O. The Morgan fingerprint density at radius 2 is 2.13 bits per heavy atom. The van der Waals surface area contributed by atoms with E-state index in [1.54, 1.807) is 0 Å². The van der Waals surface area contributed by atoms with Gasteiger partial charge in [-0.2, -0.15) is 0 Å². The molecule has 1 aliphatic heterocycles. The maximum absolute atomic E-state index is 10.8. The van der Waals surface area contributed by atoms with Crippen LogP contribution in [0.3, 0.4) is 0 Å². The largest absolute Gasteiger partial charge is 0.377 e. The van der Waals surface area contributed by atoms with Gasteiger partial charge in [0.1, 0.15) is 0 Å². The van der Waals surface area contributed by atoms with E-state index in [1.165, 1.54) is 6.26 Å². The summed E-state index contributed by atoms with van der Waals surface area (Å²) >= 11 is 0. The van der Waals surface area contributed by atoms with E-state index in [-0.39, 0.29) is 6.10 Å². The van der Waals surface area contributed by atoms with Crippen LogP contribution in [-0.2, 0) is 14.8 Å². The van der Waals surface area contributed by atoms with Crippen molar-refractivity contribution in [1.82, 2.24) is 10.0 Å². The minimum Gasteiger partial charge on any atom is -0.377 e. The molecule has 2 unspecified atom stereocenters. The molecule has 0 aromatic carbocycles. The van der Waals surface area contributed by atoms with Crippen LogP contribution in [0.4, 0.5) is 0 Å². The first-order valence-corrected chi connectivity index (χ1v) is 7.18. The van der Waals surface area contributed by atoms with Gasteiger partial charge in [-0.1, -0.05) is 0 Å². The minimum atomic E-state index is -3.04. The summed E-state index contributed by atoms with van der Waals surface area (Å²) in [7, 11) is -3.04. The van der Waals surface area contributed by atoms with Gasteiger partial charge in [0.05, 0.1) is 12.4 Å². The maximum Gasteiger partial charge on any atom is 0.208 e. The van der Waals surface area contributed by atoms with Gasteiger partial charge in [0.2, 0.25) is 10.0 Å². The average molecular weight is 236 g/mol. The molecule has 6 heteroatoms. The zero-order valence-electron chi connectivity index (χ0n) is 9.32.